The van der Waals surface area contributed by atoms with Crippen molar-refractivity contribution < 1.29 is 0 Å². The summed E-state index contributed by atoms with van der Waals surface area (Å²) in [5, 5.41) is 3.10. The topological polar surface area (TPSA) is 12.0 Å². The van der Waals surface area contributed by atoms with E-state index in [4.69, 9.17) is 7.33 Å². The second kappa shape index (κ2) is 10.7. The van der Waals surface area contributed by atoms with E-state index in [1.165, 1.54) is 42.4 Å². The summed E-state index contributed by atoms with van der Waals surface area (Å²) in [5.41, 5.74) is 9.29. The van der Waals surface area contributed by atoms with Crippen LogP contribution in [0.4, 0.5) is 0 Å². The molecule has 0 aromatic heterocycles. The minimum Gasteiger partial charge on any atom is -0.106 e. The monoisotopic (exact) mass is 355 g/mol. The van der Waals surface area contributed by atoms with E-state index in [-0.39, 0.29) is 0 Å². The molecule has 1 aliphatic rings. The molecule has 138 valence electrons. The van der Waals surface area contributed by atoms with Gasteiger partial charge in [0.25, 0.3) is 0 Å². The average molecular weight is 355 g/mol. The van der Waals surface area contributed by atoms with E-state index in [2.05, 4.69) is 73.7 Å². The standard InChI is InChI=1S/C23H26BN.C2H4/c1-17(23(16-24)25-2)21-11-5-7-18(15-21)13-14-20-10-6-9-19-8-3-4-12-22(19)20;1-2/h5-7,9-11,15,25H,3-4,8,12-14H2,1-2H3;1-2H2/b23-17+;. The number of hydrogen-bond acceptors (Lipinski definition) is 1. The van der Waals surface area contributed by atoms with Crippen LogP contribution in [0.1, 0.15) is 47.6 Å². The molecule has 0 saturated heterocycles. The number of fused-ring (bicyclic) bond motifs is 1. The molecule has 0 aliphatic heterocycles. The van der Waals surface area contributed by atoms with Gasteiger partial charge in [0.15, 0.2) is 0 Å². The van der Waals surface area contributed by atoms with Crippen molar-refractivity contribution in [1.82, 2.24) is 5.32 Å². The van der Waals surface area contributed by atoms with Crippen molar-refractivity contribution in [2.75, 3.05) is 7.05 Å². The van der Waals surface area contributed by atoms with Crippen LogP contribution in [-0.2, 0) is 25.7 Å². The predicted octanol–water partition coefficient (Wildman–Crippen LogP) is 5.23. The second-order valence-corrected chi connectivity index (χ2v) is 6.86. The van der Waals surface area contributed by atoms with Crippen molar-refractivity contribution in [2.24, 2.45) is 0 Å². The quantitative estimate of drug-likeness (QED) is 0.572. The molecule has 0 spiro atoms. The van der Waals surface area contributed by atoms with Crippen LogP contribution in [0.25, 0.3) is 5.57 Å². The van der Waals surface area contributed by atoms with Gasteiger partial charge in [-0.1, -0.05) is 0 Å². The van der Waals surface area contributed by atoms with E-state index in [0.29, 0.717) is 0 Å². The summed E-state index contributed by atoms with van der Waals surface area (Å²) in [6.45, 7) is 8.08. The number of nitrogens with one attached hydrogen (secondary N) is 1. The minimum absolute atomic E-state index is 0.856. The molecule has 0 amide bonds. The summed E-state index contributed by atoms with van der Waals surface area (Å²) < 4.78 is 0. The first-order chi connectivity index (χ1) is 13.2. The van der Waals surface area contributed by atoms with Gasteiger partial charge in [0.05, 0.1) is 0 Å². The maximum atomic E-state index is 5.59. The number of rotatable bonds is 5. The van der Waals surface area contributed by atoms with Gasteiger partial charge in [-0.05, 0) is 6.42 Å². The molecular weight excluding hydrogens is 325 g/mol. The second-order valence-electron chi connectivity index (χ2n) is 6.86. The van der Waals surface area contributed by atoms with Gasteiger partial charge < -0.3 is 0 Å². The molecule has 0 bridgehead atoms. The Morgan fingerprint density at radius 1 is 1.07 bits per heavy atom. The molecule has 27 heavy (non-hydrogen) atoms. The normalized spacial score (nSPS) is 13.5. The Morgan fingerprint density at radius 2 is 1.81 bits per heavy atom. The Labute approximate surface area is 166 Å². The predicted molar refractivity (Wildman–Crippen MR) is 119 cm³/mol. The Kier molecular flexibility index (Phi) is 8.23. The molecule has 0 radical (unpaired) electrons. The van der Waals surface area contributed by atoms with Gasteiger partial charge in [-0.3, -0.25) is 0 Å². The van der Waals surface area contributed by atoms with Crippen molar-refractivity contribution in [3.8, 4) is 5.80 Å². The third kappa shape index (κ3) is 5.28. The molecule has 0 unspecified atom stereocenters. The summed E-state index contributed by atoms with van der Waals surface area (Å²) in [6, 6.07) is 15.6. The molecule has 2 aromatic rings. The molecule has 1 N–H and O–H groups in total. The molecule has 2 aromatic carbocycles. The van der Waals surface area contributed by atoms with E-state index in [0.717, 1.165) is 24.1 Å². The van der Waals surface area contributed by atoms with Gasteiger partial charge in [0, 0.05) is 0 Å². The van der Waals surface area contributed by atoms with Crippen LogP contribution in [0, 0.1) is 5.80 Å². The first-order valence-electron chi connectivity index (χ1n) is 9.77. The van der Waals surface area contributed by atoms with Gasteiger partial charge in [-0.2, -0.15) is 0 Å². The molecule has 0 saturated carbocycles. The molecule has 2 heteroatoms. The largest absolute Gasteiger partial charge is 0.106 e. The van der Waals surface area contributed by atoms with E-state index < -0.39 is 0 Å². The van der Waals surface area contributed by atoms with Crippen LogP contribution in [0.3, 0.4) is 0 Å². The smallest absolute Gasteiger partial charge is 0.106 e. The van der Waals surface area contributed by atoms with Gasteiger partial charge in [0.1, 0.15) is 0 Å². The third-order valence-electron chi connectivity index (χ3n) is 5.31. The molecule has 0 heterocycles. The Hall–Kier alpha value is -2.44. The maximum Gasteiger partial charge on any atom is -0.106 e. The SMILES string of the molecule is B#C/C(NC)=C(/C)c1cccc(CCc2cccc3c2CCCC3)c1.C=C. The maximum absolute atomic E-state index is 5.59. The molecule has 0 fully saturated rings. The van der Waals surface area contributed by atoms with E-state index >= 15 is 0 Å². The fourth-order valence-corrected chi connectivity index (χ4v) is 3.85. The van der Waals surface area contributed by atoms with Crippen molar-refractivity contribution in [3.05, 3.63) is 89.1 Å². The molecular formula is C25H30BN. The summed E-state index contributed by atoms with van der Waals surface area (Å²) >= 11 is 0. The molecule has 3 rings (SSSR count). The van der Waals surface area contributed by atoms with E-state index in [1.807, 2.05) is 7.05 Å². The number of allylic oxidation sites excluding steroid dienone is 2. The van der Waals surface area contributed by atoms with Crippen LogP contribution in [-0.4, -0.2) is 14.4 Å². The van der Waals surface area contributed by atoms with Gasteiger partial charge in [-0.25, -0.2) is 0 Å². The first kappa shape index (κ1) is 20.9. The van der Waals surface area contributed by atoms with E-state index in [1.54, 1.807) is 11.1 Å². The van der Waals surface area contributed by atoms with Crippen molar-refractivity contribution in [3.63, 3.8) is 0 Å². The minimum atomic E-state index is 0.856. The summed E-state index contributed by atoms with van der Waals surface area (Å²) in [6.07, 6.45) is 7.37. The van der Waals surface area contributed by atoms with Crippen molar-refractivity contribution >= 4 is 12.9 Å². The number of aryl methyl sites for hydroxylation is 3. The first-order valence-corrected chi connectivity index (χ1v) is 9.77. The van der Waals surface area contributed by atoms with E-state index in [9.17, 15) is 0 Å². The van der Waals surface area contributed by atoms with Crippen LogP contribution in [0.2, 0.25) is 0 Å². The fourth-order valence-electron chi connectivity index (χ4n) is 3.85. The van der Waals surface area contributed by atoms with Gasteiger partial charge in [0.2, 0.25) is 0 Å². The summed E-state index contributed by atoms with van der Waals surface area (Å²) in [7, 11) is 7.46. The van der Waals surface area contributed by atoms with Crippen LogP contribution < -0.4 is 5.32 Å². The van der Waals surface area contributed by atoms with Crippen molar-refractivity contribution in [1.29, 1.82) is 0 Å². The van der Waals surface area contributed by atoms with Gasteiger partial charge in [-0.15, -0.1) is 13.2 Å². The van der Waals surface area contributed by atoms with Crippen molar-refractivity contribution in [2.45, 2.75) is 45.4 Å². The molecule has 0 atom stereocenters. The van der Waals surface area contributed by atoms with Crippen LogP contribution >= 0.6 is 0 Å². The average Bonchev–Trinajstić information content (AvgIpc) is 2.74. The molecule has 1 nitrogen and oxygen atoms in total. The Bertz CT molecular complexity index is 842. The van der Waals surface area contributed by atoms with Crippen LogP contribution in [0.15, 0.2) is 61.3 Å². The zero-order chi connectivity index (χ0) is 19.6. The number of benzene rings is 2. The van der Waals surface area contributed by atoms with Crippen LogP contribution in [0.5, 0.6) is 0 Å². The Balaban J connectivity index is 0.00000126. The molecule has 1 aliphatic carbocycles. The van der Waals surface area contributed by atoms with Gasteiger partial charge >= 0.3 is 146 Å². The third-order valence-corrected chi connectivity index (χ3v) is 5.31. The summed E-state index contributed by atoms with van der Waals surface area (Å²) in [4.78, 5) is 0. The fraction of sp³-hybridized carbons (Fsp3) is 0.320. The zero-order valence-corrected chi connectivity index (χ0v) is 16.8. The number of hydrogen-bond donors (Lipinski definition) is 1. The zero-order valence-electron chi connectivity index (χ0n) is 16.8. The Morgan fingerprint density at radius 3 is 2.56 bits per heavy atom. The summed E-state index contributed by atoms with van der Waals surface area (Å²) in [5.74, 6) is 2.73.